The fourth-order valence-corrected chi connectivity index (χ4v) is 2.53. The maximum atomic E-state index is 14.0. The average molecular weight is 371 g/mol. The Morgan fingerprint density at radius 3 is 2.74 bits per heavy atom. The third-order valence-corrected chi connectivity index (χ3v) is 3.72. The summed E-state index contributed by atoms with van der Waals surface area (Å²) in [5.74, 6) is -1.38. The van der Waals surface area contributed by atoms with Gasteiger partial charge in [0.25, 0.3) is 0 Å². The zero-order chi connectivity index (χ0) is 13.6. The smallest absolute Gasteiger partial charge is 0.156 e. The van der Waals surface area contributed by atoms with Gasteiger partial charge in [0, 0.05) is 11.8 Å². The van der Waals surface area contributed by atoms with E-state index in [9.17, 15) is 8.78 Å². The van der Waals surface area contributed by atoms with Crippen LogP contribution in [0.4, 0.5) is 14.5 Å². The number of nitrogen functional groups attached to an aromatic ring is 1. The highest BCUT2D eigenvalue weighted by atomic mass is 127. The SMILES string of the molecule is Nc1ccc(F)c(-c2ccc3c(I)ncn3c2)c1F. The van der Waals surface area contributed by atoms with Crippen LogP contribution in [0, 0.1) is 15.3 Å². The summed E-state index contributed by atoms with van der Waals surface area (Å²) in [6.07, 6.45) is 3.23. The lowest BCUT2D eigenvalue weighted by atomic mass is 10.1. The van der Waals surface area contributed by atoms with Crippen LogP contribution in [0.1, 0.15) is 0 Å². The maximum absolute atomic E-state index is 14.0. The van der Waals surface area contributed by atoms with E-state index in [2.05, 4.69) is 27.6 Å². The molecule has 3 aromatic rings. The lowest BCUT2D eigenvalue weighted by Gasteiger charge is -2.08. The second-order valence-corrected chi connectivity index (χ2v) is 5.09. The fraction of sp³-hybridized carbons (Fsp3) is 0. The molecule has 2 N–H and O–H groups in total. The Balaban J connectivity index is 2.27. The molecule has 2 aromatic heterocycles. The van der Waals surface area contributed by atoms with E-state index in [1.54, 1.807) is 29.1 Å². The summed E-state index contributed by atoms with van der Waals surface area (Å²) in [5, 5.41) is 0. The Hall–Kier alpha value is -1.70. The van der Waals surface area contributed by atoms with Gasteiger partial charge in [-0.05, 0) is 40.8 Å². The van der Waals surface area contributed by atoms with Gasteiger partial charge in [0.05, 0.1) is 16.8 Å². The van der Waals surface area contributed by atoms with Crippen LogP contribution in [-0.2, 0) is 0 Å². The van der Waals surface area contributed by atoms with Gasteiger partial charge >= 0.3 is 0 Å². The van der Waals surface area contributed by atoms with Crippen molar-refractivity contribution >= 4 is 33.8 Å². The van der Waals surface area contributed by atoms with Gasteiger partial charge in [-0.3, -0.25) is 0 Å². The van der Waals surface area contributed by atoms with Crippen LogP contribution in [0.3, 0.4) is 0 Å². The van der Waals surface area contributed by atoms with Crippen LogP contribution < -0.4 is 5.73 Å². The van der Waals surface area contributed by atoms with Crippen molar-refractivity contribution < 1.29 is 8.78 Å². The van der Waals surface area contributed by atoms with E-state index in [0.29, 0.717) is 5.56 Å². The second kappa shape index (κ2) is 4.44. The number of hydrogen-bond donors (Lipinski definition) is 1. The molecule has 2 heterocycles. The molecule has 96 valence electrons. The molecule has 0 aliphatic carbocycles. The predicted octanol–water partition coefficient (Wildman–Crippen LogP) is 3.47. The summed E-state index contributed by atoms with van der Waals surface area (Å²) in [6, 6.07) is 5.80. The van der Waals surface area contributed by atoms with E-state index >= 15 is 0 Å². The van der Waals surface area contributed by atoms with E-state index in [0.717, 1.165) is 15.3 Å². The standard InChI is InChI=1S/C13H8F2IN3/c14-8-2-3-9(17)12(15)11(8)7-1-4-10-13(16)18-6-19(10)5-7/h1-6H,17H2. The second-order valence-electron chi connectivity index (χ2n) is 4.07. The normalized spacial score (nSPS) is 11.1. The molecule has 0 bridgehead atoms. The number of anilines is 1. The molecule has 1 aromatic carbocycles. The van der Waals surface area contributed by atoms with E-state index in [-0.39, 0.29) is 11.3 Å². The van der Waals surface area contributed by atoms with Crippen molar-refractivity contribution in [3.05, 3.63) is 52.1 Å². The summed E-state index contributed by atoms with van der Waals surface area (Å²) < 4.78 is 30.3. The van der Waals surface area contributed by atoms with Crippen molar-refractivity contribution in [1.29, 1.82) is 0 Å². The number of nitrogens with two attached hydrogens (primary N) is 1. The molecule has 0 spiro atoms. The molecule has 19 heavy (non-hydrogen) atoms. The third kappa shape index (κ3) is 1.95. The number of hydrogen-bond acceptors (Lipinski definition) is 2. The van der Waals surface area contributed by atoms with E-state index in [1.165, 1.54) is 6.07 Å². The summed E-state index contributed by atoms with van der Waals surface area (Å²) in [7, 11) is 0. The largest absolute Gasteiger partial charge is 0.396 e. The Kier molecular flexibility index (Phi) is 2.89. The first kappa shape index (κ1) is 12.3. The molecule has 0 aliphatic heterocycles. The Labute approximate surface area is 121 Å². The number of nitrogens with zero attached hydrogens (tertiary/aromatic N) is 2. The molecule has 0 atom stereocenters. The average Bonchev–Trinajstić information content (AvgIpc) is 2.76. The molecule has 0 aliphatic rings. The van der Waals surface area contributed by atoms with Gasteiger partial charge in [-0.1, -0.05) is 6.07 Å². The molecular formula is C13H8F2IN3. The molecular weight excluding hydrogens is 363 g/mol. The Morgan fingerprint density at radius 1 is 1.16 bits per heavy atom. The summed E-state index contributed by atoms with van der Waals surface area (Å²) in [5.41, 5.74) is 6.59. The highest BCUT2D eigenvalue weighted by Gasteiger charge is 2.15. The minimum atomic E-state index is -0.742. The predicted molar refractivity (Wildman–Crippen MR) is 77.7 cm³/mol. The highest BCUT2D eigenvalue weighted by Crippen LogP contribution is 2.30. The molecule has 6 heteroatoms. The molecule has 0 fully saturated rings. The Morgan fingerprint density at radius 2 is 1.95 bits per heavy atom. The monoisotopic (exact) mass is 371 g/mol. The van der Waals surface area contributed by atoms with Gasteiger partial charge in [0.2, 0.25) is 0 Å². The van der Waals surface area contributed by atoms with E-state index < -0.39 is 11.6 Å². The van der Waals surface area contributed by atoms with Gasteiger partial charge in [-0.2, -0.15) is 0 Å². The summed E-state index contributed by atoms with van der Waals surface area (Å²) in [6.45, 7) is 0. The molecule has 0 radical (unpaired) electrons. The van der Waals surface area contributed by atoms with Gasteiger partial charge < -0.3 is 10.1 Å². The van der Waals surface area contributed by atoms with Crippen LogP contribution in [0.2, 0.25) is 0 Å². The highest BCUT2D eigenvalue weighted by molar-refractivity contribution is 14.1. The van der Waals surface area contributed by atoms with Crippen molar-refractivity contribution in [2.75, 3.05) is 5.73 Å². The lowest BCUT2D eigenvalue weighted by molar-refractivity contribution is 0.592. The lowest BCUT2D eigenvalue weighted by Crippen LogP contribution is -1.97. The van der Waals surface area contributed by atoms with Gasteiger partial charge in [-0.15, -0.1) is 0 Å². The zero-order valence-electron chi connectivity index (χ0n) is 9.57. The number of rotatable bonds is 1. The molecule has 0 amide bonds. The molecule has 0 saturated carbocycles. The maximum Gasteiger partial charge on any atom is 0.156 e. The minimum absolute atomic E-state index is 0.0725. The topological polar surface area (TPSA) is 43.3 Å². The summed E-state index contributed by atoms with van der Waals surface area (Å²) >= 11 is 2.10. The minimum Gasteiger partial charge on any atom is -0.396 e. The number of pyridine rings is 1. The Bertz CT molecular complexity index is 783. The van der Waals surface area contributed by atoms with Gasteiger partial charge in [0.1, 0.15) is 15.8 Å². The van der Waals surface area contributed by atoms with Crippen molar-refractivity contribution in [2.24, 2.45) is 0 Å². The van der Waals surface area contributed by atoms with Crippen molar-refractivity contribution in [3.8, 4) is 11.1 Å². The van der Waals surface area contributed by atoms with Crippen LogP contribution in [-0.4, -0.2) is 9.38 Å². The summed E-state index contributed by atoms with van der Waals surface area (Å²) in [4.78, 5) is 4.13. The molecule has 0 saturated heterocycles. The number of fused-ring (bicyclic) bond motifs is 1. The number of imidazole rings is 1. The van der Waals surface area contributed by atoms with Crippen molar-refractivity contribution in [2.45, 2.75) is 0 Å². The first-order valence-corrected chi connectivity index (χ1v) is 6.52. The molecule has 3 nitrogen and oxygen atoms in total. The number of aromatic nitrogens is 2. The fourth-order valence-electron chi connectivity index (χ4n) is 1.95. The van der Waals surface area contributed by atoms with Crippen molar-refractivity contribution in [1.82, 2.24) is 9.38 Å². The number of benzene rings is 1. The first-order valence-electron chi connectivity index (χ1n) is 5.44. The first-order chi connectivity index (χ1) is 9.08. The van der Waals surface area contributed by atoms with Crippen LogP contribution >= 0.6 is 22.6 Å². The van der Waals surface area contributed by atoms with E-state index in [4.69, 9.17) is 5.73 Å². The van der Waals surface area contributed by atoms with Crippen LogP contribution in [0.25, 0.3) is 16.6 Å². The van der Waals surface area contributed by atoms with Gasteiger partial charge in [-0.25, -0.2) is 13.8 Å². The zero-order valence-corrected chi connectivity index (χ0v) is 11.7. The quantitative estimate of drug-likeness (QED) is 0.526. The molecule has 3 rings (SSSR count). The van der Waals surface area contributed by atoms with Crippen molar-refractivity contribution in [3.63, 3.8) is 0 Å². The number of halogens is 3. The van der Waals surface area contributed by atoms with E-state index in [1.807, 2.05) is 0 Å². The molecule has 0 unspecified atom stereocenters. The van der Waals surface area contributed by atoms with Gasteiger partial charge in [0.15, 0.2) is 5.82 Å². The third-order valence-electron chi connectivity index (χ3n) is 2.89. The van der Waals surface area contributed by atoms with Crippen LogP contribution in [0.5, 0.6) is 0 Å². The van der Waals surface area contributed by atoms with Crippen LogP contribution in [0.15, 0.2) is 36.8 Å².